The summed E-state index contributed by atoms with van der Waals surface area (Å²) in [6.45, 7) is 0. The van der Waals surface area contributed by atoms with Gasteiger partial charge in [0.25, 0.3) is 0 Å². The number of hydrogen-bond acceptors (Lipinski definition) is 3. The van der Waals surface area contributed by atoms with E-state index in [9.17, 15) is 0 Å². The van der Waals surface area contributed by atoms with Gasteiger partial charge in [-0.15, -0.1) is 0 Å². The Morgan fingerprint density at radius 2 is 0.467 bits per heavy atom. The lowest BCUT2D eigenvalue weighted by atomic mass is 9.78. The van der Waals surface area contributed by atoms with Gasteiger partial charge in [-0.1, -0.05) is 218 Å². The molecule has 1 heterocycles. The number of rotatable bonds is 9. The van der Waals surface area contributed by atoms with Crippen LogP contribution in [-0.4, -0.2) is 15.0 Å². The Kier molecular flexibility index (Phi) is 9.97. The first-order valence-corrected chi connectivity index (χ1v) is 20.3. The predicted molar refractivity (Wildman–Crippen MR) is 249 cm³/mol. The first kappa shape index (κ1) is 36.3. The van der Waals surface area contributed by atoms with Crippen LogP contribution in [0.4, 0.5) is 0 Å². The quantitative estimate of drug-likeness (QED) is 0.147. The summed E-state index contributed by atoms with van der Waals surface area (Å²) < 4.78 is 0. The molecule has 3 heteroatoms. The van der Waals surface area contributed by atoms with E-state index >= 15 is 0 Å². The van der Waals surface area contributed by atoms with Gasteiger partial charge in [0.15, 0.2) is 17.5 Å². The van der Waals surface area contributed by atoms with E-state index in [0.717, 1.165) is 44.5 Å². The molecular formula is C57H39N3. The third-order valence-electron chi connectivity index (χ3n) is 10.9. The van der Waals surface area contributed by atoms with Gasteiger partial charge in [0.2, 0.25) is 0 Å². The van der Waals surface area contributed by atoms with Gasteiger partial charge in [0.1, 0.15) is 0 Å². The highest BCUT2D eigenvalue weighted by Crippen LogP contribution is 2.50. The normalized spacial score (nSPS) is 11.0. The Morgan fingerprint density at radius 1 is 0.183 bits per heavy atom. The summed E-state index contributed by atoms with van der Waals surface area (Å²) in [5, 5.41) is 0. The Hall–Kier alpha value is -8.01. The van der Waals surface area contributed by atoms with Crippen molar-refractivity contribution < 1.29 is 0 Å². The van der Waals surface area contributed by atoms with E-state index in [1.165, 1.54) is 38.9 Å². The molecule has 0 bridgehead atoms. The fourth-order valence-electron chi connectivity index (χ4n) is 8.10. The zero-order valence-electron chi connectivity index (χ0n) is 32.9. The second kappa shape index (κ2) is 16.5. The third kappa shape index (κ3) is 7.32. The lowest BCUT2D eigenvalue weighted by molar-refractivity contribution is 1.07. The van der Waals surface area contributed by atoms with E-state index < -0.39 is 0 Å². The minimum atomic E-state index is 0.628. The lowest BCUT2D eigenvalue weighted by Crippen LogP contribution is -2.00. The first-order chi connectivity index (χ1) is 29.8. The monoisotopic (exact) mass is 765 g/mol. The van der Waals surface area contributed by atoms with Crippen LogP contribution in [0.3, 0.4) is 0 Å². The van der Waals surface area contributed by atoms with E-state index in [4.69, 9.17) is 15.0 Å². The maximum Gasteiger partial charge on any atom is 0.164 e. The number of aromatic nitrogens is 3. The predicted octanol–water partition coefficient (Wildman–Crippen LogP) is 14.9. The van der Waals surface area contributed by atoms with E-state index in [1.54, 1.807) is 0 Å². The van der Waals surface area contributed by atoms with Gasteiger partial charge in [-0.05, 0) is 85.0 Å². The Morgan fingerprint density at radius 3 is 0.900 bits per heavy atom. The molecule has 0 spiro atoms. The summed E-state index contributed by atoms with van der Waals surface area (Å²) in [4.78, 5) is 15.0. The highest BCUT2D eigenvalue weighted by molar-refractivity contribution is 6.07. The molecule has 60 heavy (non-hydrogen) atoms. The van der Waals surface area contributed by atoms with Crippen LogP contribution >= 0.6 is 0 Å². The Bertz CT molecular complexity index is 2980. The summed E-state index contributed by atoms with van der Waals surface area (Å²) >= 11 is 0. The highest BCUT2D eigenvalue weighted by atomic mass is 15.0. The smallest absolute Gasteiger partial charge is 0.164 e. The summed E-state index contributed by atoms with van der Waals surface area (Å²) in [6.07, 6.45) is 0. The van der Waals surface area contributed by atoms with Gasteiger partial charge in [-0.25, -0.2) is 15.0 Å². The summed E-state index contributed by atoms with van der Waals surface area (Å²) in [5.74, 6) is 1.91. The van der Waals surface area contributed by atoms with Crippen molar-refractivity contribution in [1.29, 1.82) is 0 Å². The number of nitrogens with zero attached hydrogens (tertiary/aromatic N) is 3. The molecule has 0 fully saturated rings. The van der Waals surface area contributed by atoms with E-state index in [1.807, 2.05) is 60.7 Å². The number of benzene rings is 9. The van der Waals surface area contributed by atoms with Crippen molar-refractivity contribution in [3.63, 3.8) is 0 Å². The molecule has 0 atom stereocenters. The van der Waals surface area contributed by atoms with Crippen LogP contribution in [0, 0.1) is 0 Å². The van der Waals surface area contributed by atoms with Crippen molar-refractivity contribution >= 4 is 0 Å². The standard InChI is InChI=1S/C57H39N3/c1-7-21-40(22-8-1)50-39-51(53(42-25-11-3-12-26-42)54(43-27-13-4-14-28-43)52(50)41-23-9-2-10-24-41)48-35-19-33-46(37-48)47-34-20-36-49(38-47)57-59-55(44-29-15-5-16-30-44)58-56(60-57)45-31-17-6-18-32-45/h1-39H. The van der Waals surface area contributed by atoms with Gasteiger partial charge in [0, 0.05) is 16.7 Å². The summed E-state index contributed by atoms with van der Waals surface area (Å²) in [5.41, 5.74) is 16.7. The van der Waals surface area contributed by atoms with Crippen LogP contribution in [-0.2, 0) is 0 Å². The van der Waals surface area contributed by atoms with Crippen molar-refractivity contribution in [3.05, 3.63) is 237 Å². The minimum absolute atomic E-state index is 0.628. The average Bonchev–Trinajstić information content (AvgIpc) is 3.35. The molecule has 10 aromatic rings. The van der Waals surface area contributed by atoms with Gasteiger partial charge >= 0.3 is 0 Å². The van der Waals surface area contributed by atoms with Crippen molar-refractivity contribution in [2.45, 2.75) is 0 Å². The van der Waals surface area contributed by atoms with Crippen LogP contribution in [0.15, 0.2) is 237 Å². The van der Waals surface area contributed by atoms with Crippen molar-refractivity contribution in [2.24, 2.45) is 0 Å². The maximum absolute atomic E-state index is 5.03. The second-order valence-corrected chi connectivity index (χ2v) is 14.8. The van der Waals surface area contributed by atoms with Crippen LogP contribution in [0.5, 0.6) is 0 Å². The topological polar surface area (TPSA) is 38.7 Å². The Labute approximate surface area is 351 Å². The molecule has 0 unspecified atom stereocenters. The molecule has 0 aliphatic rings. The summed E-state index contributed by atoms with van der Waals surface area (Å²) in [7, 11) is 0. The molecule has 282 valence electrons. The molecule has 0 N–H and O–H groups in total. The van der Waals surface area contributed by atoms with Crippen molar-refractivity contribution in [2.75, 3.05) is 0 Å². The van der Waals surface area contributed by atoms with E-state index in [-0.39, 0.29) is 0 Å². The fraction of sp³-hybridized carbons (Fsp3) is 0. The molecular weight excluding hydrogens is 727 g/mol. The van der Waals surface area contributed by atoms with Crippen molar-refractivity contribution in [3.8, 4) is 101 Å². The van der Waals surface area contributed by atoms with Gasteiger partial charge in [-0.2, -0.15) is 0 Å². The molecule has 0 saturated heterocycles. The average molecular weight is 766 g/mol. The van der Waals surface area contributed by atoms with Crippen LogP contribution < -0.4 is 0 Å². The first-order valence-electron chi connectivity index (χ1n) is 20.3. The third-order valence-corrected chi connectivity index (χ3v) is 10.9. The Balaban J connectivity index is 1.18. The fourth-order valence-corrected chi connectivity index (χ4v) is 8.10. The van der Waals surface area contributed by atoms with Crippen LogP contribution in [0.1, 0.15) is 0 Å². The maximum atomic E-state index is 5.03. The van der Waals surface area contributed by atoms with Gasteiger partial charge < -0.3 is 0 Å². The number of hydrogen-bond donors (Lipinski definition) is 0. The van der Waals surface area contributed by atoms with Crippen LogP contribution in [0.25, 0.3) is 101 Å². The molecule has 0 saturated carbocycles. The largest absolute Gasteiger partial charge is 0.208 e. The molecule has 10 rings (SSSR count). The van der Waals surface area contributed by atoms with Crippen molar-refractivity contribution in [1.82, 2.24) is 15.0 Å². The molecule has 9 aromatic carbocycles. The zero-order chi connectivity index (χ0) is 40.1. The molecule has 3 nitrogen and oxygen atoms in total. The minimum Gasteiger partial charge on any atom is -0.208 e. The molecule has 1 aromatic heterocycles. The lowest BCUT2D eigenvalue weighted by Gasteiger charge is -2.24. The second-order valence-electron chi connectivity index (χ2n) is 14.8. The highest BCUT2D eigenvalue weighted by Gasteiger charge is 2.24. The molecule has 0 aliphatic heterocycles. The van der Waals surface area contributed by atoms with E-state index in [0.29, 0.717) is 17.5 Å². The molecule has 0 radical (unpaired) electrons. The van der Waals surface area contributed by atoms with Gasteiger partial charge in [-0.3, -0.25) is 0 Å². The molecule has 0 amide bonds. The molecule has 0 aliphatic carbocycles. The zero-order valence-corrected chi connectivity index (χ0v) is 32.9. The SMILES string of the molecule is c1ccc(-c2nc(-c3ccccc3)nc(-c3cccc(-c4cccc(-c5cc(-c6ccccc6)c(-c6ccccc6)c(-c6ccccc6)c5-c5ccccc5)c4)c3)n2)cc1. The summed E-state index contributed by atoms with van der Waals surface area (Å²) in [6, 6.07) is 83.4. The van der Waals surface area contributed by atoms with Gasteiger partial charge in [0.05, 0.1) is 0 Å². The van der Waals surface area contributed by atoms with Crippen LogP contribution in [0.2, 0.25) is 0 Å². The van der Waals surface area contributed by atoms with E-state index in [2.05, 4.69) is 176 Å².